The van der Waals surface area contributed by atoms with Crippen molar-refractivity contribution in [2.75, 3.05) is 6.61 Å². The van der Waals surface area contributed by atoms with E-state index in [4.69, 9.17) is 4.74 Å². The third-order valence-electron chi connectivity index (χ3n) is 2.34. The second-order valence-electron chi connectivity index (χ2n) is 4.37. The largest absolute Gasteiger partial charge is 0.475 e. The van der Waals surface area contributed by atoms with Crippen LogP contribution in [0.25, 0.3) is 0 Å². The first-order valence-corrected chi connectivity index (χ1v) is 5.79. The van der Waals surface area contributed by atoms with Crippen LogP contribution in [-0.4, -0.2) is 24.3 Å². The molecular formula is C12H12BrNO2. The molecule has 1 aromatic rings. The van der Waals surface area contributed by atoms with Gasteiger partial charge in [0, 0.05) is 15.6 Å². The number of hydrogen-bond acceptors (Lipinski definition) is 3. The highest BCUT2D eigenvalue weighted by molar-refractivity contribution is 9.10. The molecule has 0 saturated carbocycles. The standard InChI is InChI=1S/C12H12BrNO2/c1-12(2)7-16-11(14-12)8-3-4-10(13)9(5-8)6-15/h3-6H,7H2,1-2H3. The first-order valence-electron chi connectivity index (χ1n) is 4.99. The third-order valence-corrected chi connectivity index (χ3v) is 3.06. The zero-order chi connectivity index (χ0) is 11.8. The van der Waals surface area contributed by atoms with Crippen LogP contribution in [0.4, 0.5) is 0 Å². The van der Waals surface area contributed by atoms with Crippen molar-refractivity contribution in [1.82, 2.24) is 0 Å². The number of carbonyl (C=O) groups excluding carboxylic acids is 1. The molecule has 0 bridgehead atoms. The highest BCUT2D eigenvalue weighted by Gasteiger charge is 2.27. The summed E-state index contributed by atoms with van der Waals surface area (Å²) >= 11 is 3.31. The Morgan fingerprint density at radius 2 is 2.25 bits per heavy atom. The van der Waals surface area contributed by atoms with Crippen LogP contribution in [0.3, 0.4) is 0 Å². The van der Waals surface area contributed by atoms with Gasteiger partial charge in [-0.15, -0.1) is 0 Å². The lowest BCUT2D eigenvalue weighted by Gasteiger charge is -2.07. The molecule has 0 fully saturated rings. The Morgan fingerprint density at radius 1 is 1.50 bits per heavy atom. The molecule has 0 N–H and O–H groups in total. The highest BCUT2D eigenvalue weighted by atomic mass is 79.9. The molecule has 0 unspecified atom stereocenters. The number of hydrogen-bond donors (Lipinski definition) is 0. The van der Waals surface area contributed by atoms with Crippen LogP contribution in [0.1, 0.15) is 29.8 Å². The molecule has 84 valence electrons. The van der Waals surface area contributed by atoms with Crippen molar-refractivity contribution >= 4 is 28.1 Å². The minimum Gasteiger partial charge on any atom is -0.475 e. The van der Waals surface area contributed by atoms with Gasteiger partial charge in [0.1, 0.15) is 6.61 Å². The molecule has 16 heavy (non-hydrogen) atoms. The van der Waals surface area contributed by atoms with Crippen molar-refractivity contribution in [3.63, 3.8) is 0 Å². The Kier molecular flexibility index (Phi) is 2.84. The summed E-state index contributed by atoms with van der Waals surface area (Å²) in [5, 5.41) is 0. The zero-order valence-electron chi connectivity index (χ0n) is 9.16. The van der Waals surface area contributed by atoms with E-state index in [1.807, 2.05) is 26.0 Å². The van der Waals surface area contributed by atoms with Gasteiger partial charge < -0.3 is 4.74 Å². The lowest BCUT2D eigenvalue weighted by molar-refractivity contribution is 0.112. The van der Waals surface area contributed by atoms with Gasteiger partial charge in [-0.3, -0.25) is 4.79 Å². The summed E-state index contributed by atoms with van der Waals surface area (Å²) in [6.45, 7) is 4.60. The van der Waals surface area contributed by atoms with Gasteiger partial charge >= 0.3 is 0 Å². The van der Waals surface area contributed by atoms with Crippen molar-refractivity contribution in [1.29, 1.82) is 0 Å². The SMILES string of the molecule is CC1(C)COC(c2ccc(Br)c(C=O)c2)=N1. The van der Waals surface area contributed by atoms with E-state index in [2.05, 4.69) is 20.9 Å². The Labute approximate surface area is 103 Å². The molecule has 3 nitrogen and oxygen atoms in total. The van der Waals surface area contributed by atoms with Crippen LogP contribution in [0.15, 0.2) is 27.7 Å². The maximum Gasteiger partial charge on any atom is 0.216 e. The number of aldehydes is 1. The van der Waals surface area contributed by atoms with E-state index >= 15 is 0 Å². The molecule has 1 aromatic carbocycles. The number of rotatable bonds is 2. The molecule has 0 amide bonds. The molecule has 1 aliphatic heterocycles. The second-order valence-corrected chi connectivity index (χ2v) is 5.23. The second kappa shape index (κ2) is 4.01. The smallest absolute Gasteiger partial charge is 0.216 e. The van der Waals surface area contributed by atoms with E-state index < -0.39 is 0 Å². The Balaban J connectivity index is 2.39. The van der Waals surface area contributed by atoms with Gasteiger partial charge in [0.15, 0.2) is 6.29 Å². The summed E-state index contributed by atoms with van der Waals surface area (Å²) in [7, 11) is 0. The summed E-state index contributed by atoms with van der Waals surface area (Å²) in [6, 6.07) is 5.49. The van der Waals surface area contributed by atoms with E-state index in [0.717, 1.165) is 16.3 Å². The first kappa shape index (κ1) is 11.3. The fraction of sp³-hybridized carbons (Fsp3) is 0.333. The summed E-state index contributed by atoms with van der Waals surface area (Å²) in [6.07, 6.45) is 0.814. The minimum atomic E-state index is -0.177. The molecule has 0 saturated heterocycles. The van der Waals surface area contributed by atoms with Gasteiger partial charge in [-0.2, -0.15) is 0 Å². The number of nitrogens with zero attached hydrogens (tertiary/aromatic N) is 1. The maximum absolute atomic E-state index is 10.8. The quantitative estimate of drug-likeness (QED) is 0.782. The normalized spacial score (nSPS) is 17.8. The lowest BCUT2D eigenvalue weighted by Crippen LogP contribution is -2.17. The molecule has 0 aliphatic carbocycles. The van der Waals surface area contributed by atoms with Crippen molar-refractivity contribution in [3.8, 4) is 0 Å². The topological polar surface area (TPSA) is 38.7 Å². The monoisotopic (exact) mass is 281 g/mol. The number of ether oxygens (including phenoxy) is 1. The van der Waals surface area contributed by atoms with Crippen LogP contribution >= 0.6 is 15.9 Å². The maximum atomic E-state index is 10.8. The van der Waals surface area contributed by atoms with Crippen molar-refractivity contribution in [2.45, 2.75) is 19.4 Å². The molecule has 1 aliphatic rings. The molecular weight excluding hydrogens is 270 g/mol. The van der Waals surface area contributed by atoms with Crippen LogP contribution < -0.4 is 0 Å². The Hall–Kier alpha value is -1.16. The van der Waals surface area contributed by atoms with Crippen LogP contribution in [-0.2, 0) is 4.74 Å². The Morgan fingerprint density at radius 3 is 2.81 bits per heavy atom. The molecule has 4 heteroatoms. The van der Waals surface area contributed by atoms with E-state index in [1.54, 1.807) is 6.07 Å². The van der Waals surface area contributed by atoms with E-state index in [1.165, 1.54) is 0 Å². The van der Waals surface area contributed by atoms with Gasteiger partial charge in [-0.1, -0.05) is 15.9 Å². The van der Waals surface area contributed by atoms with Crippen LogP contribution in [0.2, 0.25) is 0 Å². The van der Waals surface area contributed by atoms with Gasteiger partial charge in [0.05, 0.1) is 5.54 Å². The van der Waals surface area contributed by atoms with Crippen LogP contribution in [0.5, 0.6) is 0 Å². The first-order chi connectivity index (χ1) is 7.52. The average Bonchev–Trinajstić information content (AvgIpc) is 2.59. The van der Waals surface area contributed by atoms with E-state index in [9.17, 15) is 4.79 Å². The summed E-state index contributed by atoms with van der Waals surface area (Å²) in [5.41, 5.74) is 1.27. The third kappa shape index (κ3) is 2.16. The lowest BCUT2D eigenvalue weighted by atomic mass is 10.1. The molecule has 1 heterocycles. The van der Waals surface area contributed by atoms with Gasteiger partial charge in [-0.05, 0) is 32.0 Å². The summed E-state index contributed by atoms with van der Waals surface area (Å²) in [5.74, 6) is 0.612. The number of benzene rings is 1. The summed E-state index contributed by atoms with van der Waals surface area (Å²) in [4.78, 5) is 15.3. The van der Waals surface area contributed by atoms with Gasteiger partial charge in [-0.25, -0.2) is 4.99 Å². The fourth-order valence-electron chi connectivity index (χ4n) is 1.50. The zero-order valence-corrected chi connectivity index (χ0v) is 10.7. The predicted molar refractivity (Wildman–Crippen MR) is 66.1 cm³/mol. The summed E-state index contributed by atoms with van der Waals surface area (Å²) < 4.78 is 6.29. The predicted octanol–water partition coefficient (Wildman–Crippen LogP) is 2.82. The molecule has 0 spiro atoms. The van der Waals surface area contributed by atoms with E-state index in [0.29, 0.717) is 18.1 Å². The minimum absolute atomic E-state index is 0.177. The van der Waals surface area contributed by atoms with Crippen LogP contribution in [0, 0.1) is 0 Å². The van der Waals surface area contributed by atoms with Crippen molar-refractivity contribution in [2.24, 2.45) is 4.99 Å². The molecule has 0 radical (unpaired) electrons. The number of aliphatic imine (C=N–C) groups is 1. The molecule has 0 aromatic heterocycles. The average molecular weight is 282 g/mol. The fourth-order valence-corrected chi connectivity index (χ4v) is 1.84. The Bertz CT molecular complexity index is 466. The van der Waals surface area contributed by atoms with Gasteiger partial charge in [0.2, 0.25) is 5.90 Å². The molecule has 0 atom stereocenters. The number of halogens is 1. The van der Waals surface area contributed by atoms with Gasteiger partial charge in [0.25, 0.3) is 0 Å². The number of carbonyl (C=O) groups is 1. The molecule has 2 rings (SSSR count). The van der Waals surface area contributed by atoms with Crippen molar-refractivity contribution < 1.29 is 9.53 Å². The van der Waals surface area contributed by atoms with E-state index in [-0.39, 0.29) is 5.54 Å². The van der Waals surface area contributed by atoms with Crippen molar-refractivity contribution in [3.05, 3.63) is 33.8 Å². The highest BCUT2D eigenvalue weighted by Crippen LogP contribution is 2.23.